The van der Waals surface area contributed by atoms with Crippen LogP contribution in [0.2, 0.25) is 0 Å². The molecule has 7 nitrogen and oxygen atoms in total. The number of ether oxygens (including phenoxy) is 2. The average Bonchev–Trinajstić information content (AvgIpc) is 3.23. The highest BCUT2D eigenvalue weighted by Crippen LogP contribution is 2.25. The Balaban J connectivity index is 1.39. The Labute approximate surface area is 208 Å². The van der Waals surface area contributed by atoms with E-state index in [-0.39, 0.29) is 5.91 Å². The summed E-state index contributed by atoms with van der Waals surface area (Å²) in [6, 6.07) is 11.8. The molecule has 1 saturated heterocycles. The van der Waals surface area contributed by atoms with E-state index in [4.69, 9.17) is 9.47 Å². The van der Waals surface area contributed by atoms with E-state index in [9.17, 15) is 4.79 Å². The van der Waals surface area contributed by atoms with Crippen LogP contribution >= 0.6 is 0 Å². The van der Waals surface area contributed by atoms with Crippen molar-refractivity contribution in [2.24, 2.45) is 0 Å². The smallest absolute Gasteiger partial charge is 0.253 e. The van der Waals surface area contributed by atoms with Crippen LogP contribution in [0.25, 0.3) is 0 Å². The highest BCUT2D eigenvalue weighted by molar-refractivity contribution is 5.94. The van der Waals surface area contributed by atoms with Crippen molar-refractivity contribution in [3.05, 3.63) is 76.1 Å². The molecule has 0 bridgehead atoms. The minimum atomic E-state index is 0.0512. The molecule has 1 aliphatic rings. The zero-order valence-corrected chi connectivity index (χ0v) is 21.5. The van der Waals surface area contributed by atoms with Crippen molar-refractivity contribution in [3.8, 4) is 11.5 Å². The molecule has 7 heteroatoms. The lowest BCUT2D eigenvalue weighted by molar-refractivity contribution is 0.0628. The number of carbonyl (C=O) groups is 1. The van der Waals surface area contributed by atoms with Gasteiger partial charge in [0, 0.05) is 62.2 Å². The van der Waals surface area contributed by atoms with Gasteiger partial charge in [0.25, 0.3) is 5.91 Å². The summed E-state index contributed by atoms with van der Waals surface area (Å²) in [5, 5.41) is 4.55. The van der Waals surface area contributed by atoms with Crippen LogP contribution in [0, 0.1) is 20.8 Å². The number of hydrogen-bond donors (Lipinski definition) is 0. The molecule has 1 fully saturated rings. The quantitative estimate of drug-likeness (QED) is 0.483. The van der Waals surface area contributed by atoms with Crippen LogP contribution in [-0.4, -0.2) is 58.8 Å². The fourth-order valence-corrected chi connectivity index (χ4v) is 4.45. The molecule has 0 unspecified atom stereocenters. The molecule has 0 N–H and O–H groups in total. The van der Waals surface area contributed by atoms with Gasteiger partial charge in [0.1, 0.15) is 18.1 Å². The first-order valence-electron chi connectivity index (χ1n) is 12.3. The fourth-order valence-electron chi connectivity index (χ4n) is 4.45. The van der Waals surface area contributed by atoms with E-state index >= 15 is 0 Å². The lowest BCUT2D eigenvalue weighted by Crippen LogP contribution is -2.48. The van der Waals surface area contributed by atoms with Gasteiger partial charge < -0.3 is 14.4 Å². The predicted molar refractivity (Wildman–Crippen MR) is 137 cm³/mol. The lowest BCUT2D eigenvalue weighted by Gasteiger charge is -2.34. The number of piperazine rings is 1. The Hall–Kier alpha value is -3.32. The van der Waals surface area contributed by atoms with Gasteiger partial charge in [0.05, 0.1) is 12.8 Å². The number of rotatable bonds is 8. The molecule has 0 spiro atoms. The highest BCUT2D eigenvalue weighted by atomic mass is 16.5. The van der Waals surface area contributed by atoms with Crippen LogP contribution < -0.4 is 9.47 Å². The maximum Gasteiger partial charge on any atom is 0.253 e. The molecule has 0 atom stereocenters. The molecule has 2 aromatic carbocycles. The Morgan fingerprint density at radius 2 is 1.74 bits per heavy atom. The molecular weight excluding hydrogens is 440 g/mol. The third-order valence-electron chi connectivity index (χ3n) is 6.68. The Bertz CT molecular complexity index is 1180. The second kappa shape index (κ2) is 11.0. The molecule has 1 aromatic heterocycles. The van der Waals surface area contributed by atoms with Gasteiger partial charge in [-0.3, -0.25) is 14.4 Å². The first-order chi connectivity index (χ1) is 16.9. The molecule has 0 saturated carbocycles. The Morgan fingerprint density at radius 1 is 0.971 bits per heavy atom. The summed E-state index contributed by atoms with van der Waals surface area (Å²) in [7, 11) is 1.64. The largest absolute Gasteiger partial charge is 0.496 e. The van der Waals surface area contributed by atoms with E-state index in [1.165, 1.54) is 5.56 Å². The molecule has 3 aromatic rings. The van der Waals surface area contributed by atoms with E-state index in [0.29, 0.717) is 25.3 Å². The van der Waals surface area contributed by atoms with E-state index < -0.39 is 0 Å². The van der Waals surface area contributed by atoms with E-state index in [1.807, 2.05) is 47.7 Å². The topological polar surface area (TPSA) is 59.8 Å². The maximum atomic E-state index is 13.3. The first-order valence-corrected chi connectivity index (χ1v) is 12.3. The number of methoxy groups -OCH3 is 1. The SMILES string of the molecule is CCn1cc(CN2CCN(C(=O)c3ccc(OC)c(COc4cc(C)ccc4C)c3)CC2)c(C)n1. The van der Waals surface area contributed by atoms with Crippen LogP contribution in [0.3, 0.4) is 0 Å². The van der Waals surface area contributed by atoms with Gasteiger partial charge in [-0.25, -0.2) is 0 Å². The van der Waals surface area contributed by atoms with Gasteiger partial charge in [0.15, 0.2) is 0 Å². The van der Waals surface area contributed by atoms with Crippen molar-refractivity contribution in [1.29, 1.82) is 0 Å². The maximum absolute atomic E-state index is 13.3. The van der Waals surface area contributed by atoms with Crippen LogP contribution in [0.4, 0.5) is 0 Å². The molecule has 186 valence electrons. The van der Waals surface area contributed by atoms with Crippen molar-refractivity contribution in [2.75, 3.05) is 33.3 Å². The van der Waals surface area contributed by atoms with Crippen molar-refractivity contribution in [2.45, 2.75) is 47.4 Å². The van der Waals surface area contributed by atoms with Gasteiger partial charge in [-0.05, 0) is 63.1 Å². The highest BCUT2D eigenvalue weighted by Gasteiger charge is 2.24. The van der Waals surface area contributed by atoms with E-state index in [2.05, 4.69) is 42.2 Å². The predicted octanol–water partition coefficient (Wildman–Crippen LogP) is 4.37. The number of nitrogens with zero attached hydrogens (tertiary/aromatic N) is 4. The minimum absolute atomic E-state index is 0.0512. The van der Waals surface area contributed by atoms with Gasteiger partial charge in [-0.15, -0.1) is 0 Å². The van der Waals surface area contributed by atoms with Gasteiger partial charge in [-0.1, -0.05) is 12.1 Å². The number of aromatic nitrogens is 2. The molecule has 4 rings (SSSR count). The number of amides is 1. The van der Waals surface area contributed by atoms with Crippen LogP contribution in [0.1, 0.15) is 45.2 Å². The minimum Gasteiger partial charge on any atom is -0.496 e. The van der Waals surface area contributed by atoms with Gasteiger partial charge in [-0.2, -0.15) is 5.10 Å². The van der Waals surface area contributed by atoms with Crippen molar-refractivity contribution in [1.82, 2.24) is 19.6 Å². The molecular formula is C28H36N4O3. The number of hydrogen-bond acceptors (Lipinski definition) is 5. The van der Waals surface area contributed by atoms with Gasteiger partial charge >= 0.3 is 0 Å². The molecule has 0 radical (unpaired) electrons. The Kier molecular flexibility index (Phi) is 7.76. The molecule has 1 aliphatic heterocycles. The standard InChI is InChI=1S/C28H36N4O3/c1-6-32-18-25(22(4)29-32)17-30-11-13-31(14-12-30)28(33)23-9-10-26(34-5)24(16-23)19-35-27-15-20(2)7-8-21(27)3/h7-10,15-16,18H,6,11-14,17,19H2,1-5H3. The fraction of sp³-hybridized carbons (Fsp3) is 0.429. The summed E-state index contributed by atoms with van der Waals surface area (Å²) < 4.78 is 13.6. The van der Waals surface area contributed by atoms with Gasteiger partial charge in [0.2, 0.25) is 0 Å². The summed E-state index contributed by atoms with van der Waals surface area (Å²) in [5.74, 6) is 1.62. The number of aryl methyl sites for hydroxylation is 4. The third-order valence-corrected chi connectivity index (χ3v) is 6.68. The lowest BCUT2D eigenvalue weighted by atomic mass is 10.1. The second-order valence-corrected chi connectivity index (χ2v) is 9.25. The molecule has 35 heavy (non-hydrogen) atoms. The summed E-state index contributed by atoms with van der Waals surface area (Å²) in [5.41, 5.74) is 6.10. The van der Waals surface area contributed by atoms with Crippen LogP contribution in [0.15, 0.2) is 42.6 Å². The monoisotopic (exact) mass is 476 g/mol. The summed E-state index contributed by atoms with van der Waals surface area (Å²) in [6.07, 6.45) is 2.13. The molecule has 2 heterocycles. The van der Waals surface area contributed by atoms with Crippen LogP contribution in [0.5, 0.6) is 11.5 Å². The van der Waals surface area contributed by atoms with Crippen molar-refractivity contribution in [3.63, 3.8) is 0 Å². The third kappa shape index (κ3) is 5.85. The normalized spacial score (nSPS) is 14.3. The second-order valence-electron chi connectivity index (χ2n) is 9.25. The summed E-state index contributed by atoms with van der Waals surface area (Å²) >= 11 is 0. The first kappa shape index (κ1) is 24.8. The average molecular weight is 477 g/mol. The van der Waals surface area contributed by atoms with Crippen LogP contribution in [-0.2, 0) is 19.7 Å². The summed E-state index contributed by atoms with van der Waals surface area (Å²) in [4.78, 5) is 17.6. The molecule has 0 aliphatic carbocycles. The number of carbonyl (C=O) groups excluding carboxylic acids is 1. The summed E-state index contributed by atoms with van der Waals surface area (Å²) in [6.45, 7) is 13.4. The zero-order chi connectivity index (χ0) is 24.9. The van der Waals surface area contributed by atoms with E-state index in [0.717, 1.165) is 60.1 Å². The Morgan fingerprint density at radius 3 is 2.43 bits per heavy atom. The van der Waals surface area contributed by atoms with Crippen molar-refractivity contribution >= 4 is 5.91 Å². The zero-order valence-electron chi connectivity index (χ0n) is 21.5. The molecule has 1 amide bonds. The van der Waals surface area contributed by atoms with E-state index in [1.54, 1.807) is 7.11 Å². The number of benzene rings is 2. The van der Waals surface area contributed by atoms with Crippen molar-refractivity contribution < 1.29 is 14.3 Å².